The van der Waals surface area contributed by atoms with Crippen LogP contribution in [0, 0.1) is 0 Å². The first kappa shape index (κ1) is 16.6. The third-order valence-electron chi connectivity index (χ3n) is 3.99. The van der Waals surface area contributed by atoms with Crippen LogP contribution >= 0.6 is 11.6 Å². The van der Waals surface area contributed by atoms with Crippen molar-refractivity contribution in [3.05, 3.63) is 28.8 Å². The summed E-state index contributed by atoms with van der Waals surface area (Å²) in [7, 11) is 1.31. The Hall–Kier alpha value is -1.75. The zero-order chi connectivity index (χ0) is 16.1. The minimum Gasteiger partial charge on any atom is -0.465 e. The summed E-state index contributed by atoms with van der Waals surface area (Å²) in [5.74, 6) is -0.462. The largest absolute Gasteiger partial charge is 0.465 e. The van der Waals surface area contributed by atoms with E-state index in [0.717, 1.165) is 32.2 Å². The van der Waals surface area contributed by atoms with Crippen molar-refractivity contribution in [3.8, 4) is 0 Å². The molecule has 2 rings (SSSR count). The van der Waals surface area contributed by atoms with Gasteiger partial charge in [0, 0.05) is 12.6 Å². The van der Waals surface area contributed by atoms with Gasteiger partial charge in [-0.1, -0.05) is 18.5 Å². The van der Waals surface area contributed by atoms with Crippen LogP contribution in [0.15, 0.2) is 18.2 Å². The van der Waals surface area contributed by atoms with Gasteiger partial charge in [-0.25, -0.2) is 9.59 Å². The quantitative estimate of drug-likeness (QED) is 0.857. The number of urea groups is 1. The van der Waals surface area contributed by atoms with E-state index in [4.69, 9.17) is 11.6 Å². The van der Waals surface area contributed by atoms with Gasteiger partial charge in [-0.3, -0.25) is 0 Å². The van der Waals surface area contributed by atoms with Crippen LogP contribution in [0.25, 0.3) is 0 Å². The number of hydrogen-bond acceptors (Lipinski definition) is 3. The lowest BCUT2D eigenvalue weighted by atomic mass is 10.0. The monoisotopic (exact) mass is 324 g/mol. The lowest BCUT2D eigenvalue weighted by molar-refractivity contribution is 0.0600. The minimum absolute atomic E-state index is 0.171. The SMILES string of the molecule is CCC1CCCCN1C(=O)Nc1cc(C(=O)OC)ccc1Cl. The zero-order valence-corrected chi connectivity index (χ0v) is 13.7. The number of rotatable bonds is 3. The van der Waals surface area contributed by atoms with Crippen LogP contribution in [0.1, 0.15) is 43.0 Å². The number of likely N-dealkylation sites (tertiary alicyclic amines) is 1. The summed E-state index contributed by atoms with van der Waals surface area (Å²) in [6, 6.07) is 4.78. The topological polar surface area (TPSA) is 58.6 Å². The van der Waals surface area contributed by atoms with Crippen LogP contribution in [-0.4, -0.2) is 36.6 Å². The molecule has 1 aromatic rings. The van der Waals surface area contributed by atoms with Gasteiger partial charge in [-0.2, -0.15) is 0 Å². The molecular weight excluding hydrogens is 304 g/mol. The smallest absolute Gasteiger partial charge is 0.337 e. The second-order valence-electron chi connectivity index (χ2n) is 5.37. The Bertz CT molecular complexity index is 562. The molecule has 2 amide bonds. The molecule has 0 bridgehead atoms. The van der Waals surface area contributed by atoms with Crippen LogP contribution in [0.5, 0.6) is 0 Å². The Morgan fingerprint density at radius 1 is 1.41 bits per heavy atom. The molecule has 0 aromatic heterocycles. The summed E-state index contributed by atoms with van der Waals surface area (Å²) in [5, 5.41) is 3.21. The highest BCUT2D eigenvalue weighted by Gasteiger charge is 2.25. The highest BCUT2D eigenvalue weighted by atomic mass is 35.5. The zero-order valence-electron chi connectivity index (χ0n) is 12.9. The molecule has 1 fully saturated rings. The van der Waals surface area contributed by atoms with E-state index in [0.29, 0.717) is 16.3 Å². The maximum absolute atomic E-state index is 12.5. The van der Waals surface area contributed by atoms with Crippen molar-refractivity contribution in [3.63, 3.8) is 0 Å². The number of piperidine rings is 1. The summed E-state index contributed by atoms with van der Waals surface area (Å²) in [6.45, 7) is 2.83. The molecule has 1 atom stereocenters. The number of nitrogens with zero attached hydrogens (tertiary/aromatic N) is 1. The van der Waals surface area contributed by atoms with E-state index < -0.39 is 5.97 Å². The first-order valence-electron chi connectivity index (χ1n) is 7.52. The maximum atomic E-state index is 12.5. The van der Waals surface area contributed by atoms with Gasteiger partial charge in [0.1, 0.15) is 0 Å². The van der Waals surface area contributed by atoms with Crippen molar-refractivity contribution in [1.29, 1.82) is 0 Å². The molecule has 1 aliphatic rings. The number of carbonyl (C=O) groups is 2. The number of nitrogens with one attached hydrogen (secondary N) is 1. The second-order valence-corrected chi connectivity index (χ2v) is 5.77. The van der Waals surface area contributed by atoms with Gasteiger partial charge in [0.2, 0.25) is 0 Å². The fraction of sp³-hybridized carbons (Fsp3) is 0.500. The molecule has 1 N–H and O–H groups in total. The molecule has 0 saturated carbocycles. The first-order valence-corrected chi connectivity index (χ1v) is 7.90. The molecule has 1 aromatic carbocycles. The fourth-order valence-electron chi connectivity index (χ4n) is 2.75. The summed E-state index contributed by atoms with van der Waals surface area (Å²) >= 11 is 6.11. The summed E-state index contributed by atoms with van der Waals surface area (Å²) in [6.07, 6.45) is 4.13. The number of ether oxygens (including phenoxy) is 1. The van der Waals surface area contributed by atoms with Crippen LogP contribution in [0.4, 0.5) is 10.5 Å². The third kappa shape index (κ3) is 3.71. The van der Waals surface area contributed by atoms with Crippen LogP contribution < -0.4 is 5.32 Å². The number of amides is 2. The predicted molar refractivity (Wildman–Crippen MR) is 86.4 cm³/mol. The molecule has 1 unspecified atom stereocenters. The van der Waals surface area contributed by atoms with Gasteiger partial charge in [0.05, 0.1) is 23.4 Å². The molecule has 22 heavy (non-hydrogen) atoms. The Morgan fingerprint density at radius 3 is 2.86 bits per heavy atom. The van der Waals surface area contributed by atoms with Crippen LogP contribution in [0.3, 0.4) is 0 Å². The number of carbonyl (C=O) groups excluding carboxylic acids is 2. The van der Waals surface area contributed by atoms with E-state index in [-0.39, 0.29) is 12.1 Å². The first-order chi connectivity index (χ1) is 10.6. The molecule has 6 heteroatoms. The maximum Gasteiger partial charge on any atom is 0.337 e. The molecule has 1 heterocycles. The highest BCUT2D eigenvalue weighted by Crippen LogP contribution is 2.26. The van der Waals surface area contributed by atoms with Gasteiger partial charge in [0.15, 0.2) is 0 Å². The number of benzene rings is 1. The van der Waals surface area contributed by atoms with Crippen molar-refractivity contribution in [2.24, 2.45) is 0 Å². The fourth-order valence-corrected chi connectivity index (χ4v) is 2.91. The molecule has 5 nitrogen and oxygen atoms in total. The van der Waals surface area contributed by atoms with E-state index >= 15 is 0 Å². The van der Waals surface area contributed by atoms with Crippen LogP contribution in [-0.2, 0) is 4.74 Å². The van der Waals surface area contributed by atoms with Gasteiger partial charge in [0.25, 0.3) is 0 Å². The van der Waals surface area contributed by atoms with E-state index in [1.54, 1.807) is 12.1 Å². The van der Waals surface area contributed by atoms with Crippen molar-refractivity contribution in [2.75, 3.05) is 19.0 Å². The van der Waals surface area contributed by atoms with Crippen molar-refractivity contribution in [2.45, 2.75) is 38.6 Å². The Kier molecular flexibility index (Phi) is 5.66. The van der Waals surface area contributed by atoms with E-state index in [9.17, 15) is 9.59 Å². The van der Waals surface area contributed by atoms with E-state index in [1.807, 2.05) is 4.90 Å². The number of halogens is 1. The standard InChI is InChI=1S/C16H21ClN2O3/c1-3-12-6-4-5-9-19(12)16(21)18-14-10-11(15(20)22-2)7-8-13(14)17/h7-8,10,12H,3-6,9H2,1-2H3,(H,18,21). The number of esters is 1. The molecule has 0 aliphatic carbocycles. The number of anilines is 1. The normalized spacial score (nSPS) is 18.0. The van der Waals surface area contributed by atoms with Crippen molar-refractivity contribution in [1.82, 2.24) is 4.90 Å². The molecule has 120 valence electrons. The van der Waals surface area contributed by atoms with Crippen molar-refractivity contribution >= 4 is 29.3 Å². The van der Waals surface area contributed by atoms with Gasteiger partial charge in [-0.15, -0.1) is 0 Å². The highest BCUT2D eigenvalue weighted by molar-refractivity contribution is 6.33. The summed E-state index contributed by atoms with van der Waals surface area (Å²) in [4.78, 5) is 25.9. The molecular formula is C16H21ClN2O3. The Labute approximate surface area is 135 Å². The second kappa shape index (κ2) is 7.49. The number of hydrogen-bond donors (Lipinski definition) is 1. The summed E-state index contributed by atoms with van der Waals surface area (Å²) < 4.78 is 4.68. The molecule has 0 radical (unpaired) electrons. The van der Waals surface area contributed by atoms with Crippen LogP contribution in [0.2, 0.25) is 5.02 Å². The molecule has 0 spiro atoms. The van der Waals surface area contributed by atoms with Gasteiger partial charge in [-0.05, 0) is 43.9 Å². The van der Waals surface area contributed by atoms with E-state index in [1.165, 1.54) is 13.2 Å². The average Bonchev–Trinajstić information content (AvgIpc) is 2.55. The number of methoxy groups -OCH3 is 1. The third-order valence-corrected chi connectivity index (χ3v) is 4.32. The van der Waals surface area contributed by atoms with E-state index in [2.05, 4.69) is 17.0 Å². The van der Waals surface area contributed by atoms with Gasteiger partial charge >= 0.3 is 12.0 Å². The molecule has 1 saturated heterocycles. The minimum atomic E-state index is -0.462. The Balaban J connectivity index is 2.15. The predicted octanol–water partition coefficient (Wildman–Crippen LogP) is 3.92. The lowest BCUT2D eigenvalue weighted by Crippen LogP contribution is -2.45. The van der Waals surface area contributed by atoms with Crippen molar-refractivity contribution < 1.29 is 14.3 Å². The average molecular weight is 325 g/mol. The molecule has 1 aliphatic heterocycles. The Morgan fingerprint density at radius 2 is 2.18 bits per heavy atom. The summed E-state index contributed by atoms with van der Waals surface area (Å²) in [5.41, 5.74) is 0.780. The van der Waals surface area contributed by atoms with Gasteiger partial charge < -0.3 is 15.0 Å². The lowest BCUT2D eigenvalue weighted by Gasteiger charge is -2.35.